The Balaban J connectivity index is 1.69. The summed E-state index contributed by atoms with van der Waals surface area (Å²) in [5.74, 6) is 0.110. The maximum Gasteiger partial charge on any atom is 0.343 e. The van der Waals surface area contributed by atoms with Crippen LogP contribution in [-0.4, -0.2) is 17.7 Å². The van der Waals surface area contributed by atoms with E-state index in [1.165, 1.54) is 0 Å². The highest BCUT2D eigenvalue weighted by atomic mass is 16.5. The average Bonchev–Trinajstić information content (AvgIpc) is 2.64. The molecule has 0 aliphatic rings. The number of benzene rings is 3. The third-order valence-corrected chi connectivity index (χ3v) is 3.76. The van der Waals surface area contributed by atoms with Gasteiger partial charge in [-0.2, -0.15) is 0 Å². The first kappa shape index (κ1) is 16.0. The van der Waals surface area contributed by atoms with Crippen LogP contribution >= 0.6 is 0 Å². The number of aliphatic hydroxyl groups is 1. The number of carbonyl (C=O) groups is 1. The Labute approximate surface area is 141 Å². The lowest BCUT2D eigenvalue weighted by Gasteiger charge is -2.06. The van der Waals surface area contributed by atoms with Gasteiger partial charge in [0.1, 0.15) is 5.75 Å². The molecule has 0 fully saturated rings. The fraction of sp³-hybridized carbons (Fsp3) is 0.0952. The predicted molar refractivity (Wildman–Crippen MR) is 94.1 cm³/mol. The van der Waals surface area contributed by atoms with E-state index in [2.05, 4.69) is 0 Å². The number of hydrogen-bond acceptors (Lipinski definition) is 3. The summed E-state index contributed by atoms with van der Waals surface area (Å²) in [4.78, 5) is 12.2. The Morgan fingerprint density at radius 3 is 2.04 bits per heavy atom. The molecule has 24 heavy (non-hydrogen) atoms. The molecular formula is C21H18O3. The van der Waals surface area contributed by atoms with Crippen molar-refractivity contribution in [2.75, 3.05) is 6.61 Å². The topological polar surface area (TPSA) is 46.5 Å². The van der Waals surface area contributed by atoms with Gasteiger partial charge in [0.25, 0.3) is 0 Å². The van der Waals surface area contributed by atoms with Crippen LogP contribution in [0.2, 0.25) is 0 Å². The van der Waals surface area contributed by atoms with Gasteiger partial charge in [-0.25, -0.2) is 4.79 Å². The van der Waals surface area contributed by atoms with Gasteiger partial charge >= 0.3 is 5.97 Å². The van der Waals surface area contributed by atoms with Crippen LogP contribution in [0.15, 0.2) is 78.9 Å². The SMILES string of the molecule is O=C(Oc1ccc(CCO)cc1)c1ccc(-c2ccccc2)cc1. The maximum atomic E-state index is 12.2. The first-order valence-electron chi connectivity index (χ1n) is 7.84. The second-order valence-electron chi connectivity index (χ2n) is 5.45. The van der Waals surface area contributed by atoms with Gasteiger partial charge in [0.15, 0.2) is 0 Å². The minimum Gasteiger partial charge on any atom is -0.423 e. The number of ether oxygens (including phenoxy) is 1. The molecule has 0 atom stereocenters. The molecule has 0 saturated carbocycles. The van der Waals surface area contributed by atoms with Gasteiger partial charge in [0.05, 0.1) is 5.56 Å². The molecule has 3 aromatic carbocycles. The highest BCUT2D eigenvalue weighted by Crippen LogP contribution is 2.20. The first-order chi connectivity index (χ1) is 11.8. The highest BCUT2D eigenvalue weighted by molar-refractivity contribution is 5.91. The van der Waals surface area contributed by atoms with Crippen LogP contribution < -0.4 is 4.74 Å². The van der Waals surface area contributed by atoms with Crippen LogP contribution in [0.5, 0.6) is 5.75 Å². The molecule has 0 saturated heterocycles. The van der Waals surface area contributed by atoms with E-state index in [0.29, 0.717) is 17.7 Å². The zero-order chi connectivity index (χ0) is 16.8. The molecule has 0 radical (unpaired) electrons. The molecule has 0 aliphatic carbocycles. The van der Waals surface area contributed by atoms with Crippen molar-refractivity contribution >= 4 is 5.97 Å². The van der Waals surface area contributed by atoms with Crippen molar-refractivity contribution in [1.29, 1.82) is 0 Å². The summed E-state index contributed by atoms with van der Waals surface area (Å²) in [5.41, 5.74) is 3.68. The van der Waals surface area contributed by atoms with E-state index in [1.807, 2.05) is 54.6 Å². The van der Waals surface area contributed by atoms with E-state index in [1.54, 1.807) is 24.3 Å². The van der Waals surface area contributed by atoms with Gasteiger partial charge in [-0.05, 0) is 47.4 Å². The lowest BCUT2D eigenvalue weighted by Crippen LogP contribution is -2.08. The molecule has 3 nitrogen and oxygen atoms in total. The third kappa shape index (κ3) is 3.89. The van der Waals surface area contributed by atoms with E-state index in [-0.39, 0.29) is 12.6 Å². The van der Waals surface area contributed by atoms with Gasteiger partial charge in [0.2, 0.25) is 0 Å². The molecule has 3 rings (SSSR count). The van der Waals surface area contributed by atoms with Gasteiger partial charge in [-0.3, -0.25) is 0 Å². The predicted octanol–water partition coefficient (Wildman–Crippen LogP) is 4.11. The first-order valence-corrected chi connectivity index (χ1v) is 7.84. The van der Waals surface area contributed by atoms with Crippen molar-refractivity contribution in [2.45, 2.75) is 6.42 Å². The summed E-state index contributed by atoms with van der Waals surface area (Å²) < 4.78 is 5.38. The quantitative estimate of drug-likeness (QED) is 0.569. The zero-order valence-electron chi connectivity index (χ0n) is 13.2. The van der Waals surface area contributed by atoms with Crippen molar-refractivity contribution < 1.29 is 14.6 Å². The molecule has 120 valence electrons. The Bertz CT molecular complexity index is 791. The number of esters is 1. The second kappa shape index (κ2) is 7.57. The highest BCUT2D eigenvalue weighted by Gasteiger charge is 2.09. The van der Waals surface area contributed by atoms with Crippen LogP contribution in [0.25, 0.3) is 11.1 Å². The molecular weight excluding hydrogens is 300 g/mol. The fourth-order valence-electron chi connectivity index (χ4n) is 2.45. The maximum absolute atomic E-state index is 12.2. The molecule has 1 N–H and O–H groups in total. The lowest BCUT2D eigenvalue weighted by atomic mass is 10.0. The minimum absolute atomic E-state index is 0.104. The molecule has 3 heteroatoms. The summed E-state index contributed by atoms with van der Waals surface area (Å²) >= 11 is 0. The smallest absolute Gasteiger partial charge is 0.343 e. The zero-order valence-corrected chi connectivity index (χ0v) is 13.2. The van der Waals surface area contributed by atoms with Crippen LogP contribution in [0, 0.1) is 0 Å². The second-order valence-corrected chi connectivity index (χ2v) is 5.45. The number of aliphatic hydroxyl groups excluding tert-OH is 1. The fourth-order valence-corrected chi connectivity index (χ4v) is 2.45. The van der Waals surface area contributed by atoms with Crippen LogP contribution in [0.3, 0.4) is 0 Å². The molecule has 0 heterocycles. The summed E-state index contributed by atoms with van der Waals surface area (Å²) in [5, 5.41) is 8.90. The third-order valence-electron chi connectivity index (χ3n) is 3.76. The largest absolute Gasteiger partial charge is 0.423 e. The molecule has 0 aliphatic heterocycles. The van der Waals surface area contributed by atoms with E-state index in [0.717, 1.165) is 16.7 Å². The molecule has 0 bridgehead atoms. The van der Waals surface area contributed by atoms with Crippen LogP contribution in [0.4, 0.5) is 0 Å². The summed E-state index contributed by atoms with van der Waals surface area (Å²) in [6.07, 6.45) is 0.592. The Morgan fingerprint density at radius 1 is 0.792 bits per heavy atom. The average molecular weight is 318 g/mol. The van der Waals surface area contributed by atoms with E-state index >= 15 is 0 Å². The molecule has 0 amide bonds. The van der Waals surface area contributed by atoms with Gasteiger partial charge in [0, 0.05) is 6.61 Å². The molecule has 0 unspecified atom stereocenters. The van der Waals surface area contributed by atoms with Crippen molar-refractivity contribution in [3.05, 3.63) is 90.0 Å². The minimum atomic E-state index is -0.385. The van der Waals surface area contributed by atoms with Crippen molar-refractivity contribution in [3.63, 3.8) is 0 Å². The standard InChI is InChI=1S/C21H18O3/c22-15-14-16-6-12-20(13-7-16)24-21(23)19-10-8-18(9-11-19)17-4-2-1-3-5-17/h1-13,22H,14-15H2. The van der Waals surface area contributed by atoms with E-state index in [9.17, 15) is 4.79 Å². The normalized spacial score (nSPS) is 10.4. The lowest BCUT2D eigenvalue weighted by molar-refractivity contribution is 0.0734. The van der Waals surface area contributed by atoms with Crippen molar-refractivity contribution in [2.24, 2.45) is 0 Å². The summed E-state index contributed by atoms with van der Waals surface area (Å²) in [7, 11) is 0. The van der Waals surface area contributed by atoms with Gasteiger partial charge < -0.3 is 9.84 Å². The number of rotatable bonds is 5. The molecule has 0 aromatic heterocycles. The monoisotopic (exact) mass is 318 g/mol. The Hall–Kier alpha value is -2.91. The van der Waals surface area contributed by atoms with Crippen LogP contribution in [0.1, 0.15) is 15.9 Å². The summed E-state index contributed by atoms with van der Waals surface area (Å²) in [6.45, 7) is 0.104. The number of hydrogen-bond donors (Lipinski definition) is 1. The van der Waals surface area contributed by atoms with E-state index in [4.69, 9.17) is 9.84 Å². The van der Waals surface area contributed by atoms with Crippen molar-refractivity contribution in [3.8, 4) is 16.9 Å². The Morgan fingerprint density at radius 2 is 1.42 bits per heavy atom. The van der Waals surface area contributed by atoms with Crippen LogP contribution in [-0.2, 0) is 6.42 Å². The number of carbonyl (C=O) groups excluding carboxylic acids is 1. The van der Waals surface area contributed by atoms with Crippen molar-refractivity contribution in [1.82, 2.24) is 0 Å². The Kier molecular flexibility index (Phi) is 5.04. The summed E-state index contributed by atoms with van der Waals surface area (Å²) in [6, 6.07) is 24.5. The molecule has 3 aromatic rings. The van der Waals surface area contributed by atoms with Gasteiger partial charge in [-0.15, -0.1) is 0 Å². The van der Waals surface area contributed by atoms with Gasteiger partial charge in [-0.1, -0.05) is 54.6 Å². The molecule has 0 spiro atoms. The van der Waals surface area contributed by atoms with E-state index < -0.39 is 0 Å².